The lowest BCUT2D eigenvalue weighted by Crippen LogP contribution is -2.55. The molecule has 0 spiro atoms. The van der Waals surface area contributed by atoms with Gasteiger partial charge in [-0.05, 0) is 12.8 Å². The van der Waals surface area contributed by atoms with Crippen LogP contribution >= 0.6 is 0 Å². The summed E-state index contributed by atoms with van der Waals surface area (Å²) in [5.41, 5.74) is 0. The Bertz CT molecular complexity index is 464. The Labute approximate surface area is 115 Å². The van der Waals surface area contributed by atoms with Gasteiger partial charge in [-0.1, -0.05) is 0 Å². The molecule has 1 atom stereocenters. The van der Waals surface area contributed by atoms with E-state index >= 15 is 0 Å². The highest BCUT2D eigenvalue weighted by Crippen LogP contribution is 2.30. The Morgan fingerprint density at radius 3 is 2.35 bits per heavy atom. The van der Waals surface area contributed by atoms with E-state index in [4.69, 9.17) is 0 Å². The summed E-state index contributed by atoms with van der Waals surface area (Å²) < 4.78 is 62.0. The number of carbonyl (C=O) groups is 1. The molecule has 9 heteroatoms. The highest BCUT2D eigenvalue weighted by atomic mass is 32.2. The maximum absolute atomic E-state index is 13.1. The lowest BCUT2D eigenvalue weighted by Gasteiger charge is -2.39. The van der Waals surface area contributed by atoms with Gasteiger partial charge in [0.1, 0.15) is 15.9 Å². The molecule has 0 bridgehead atoms. The predicted molar refractivity (Wildman–Crippen MR) is 65.9 cm³/mol. The molecule has 0 aliphatic carbocycles. The maximum Gasteiger partial charge on any atom is 0.405 e. The van der Waals surface area contributed by atoms with Gasteiger partial charge >= 0.3 is 6.18 Å². The first-order valence-electron chi connectivity index (χ1n) is 6.48. The maximum atomic E-state index is 13.1. The molecule has 1 amide bonds. The van der Waals surface area contributed by atoms with Crippen molar-refractivity contribution >= 4 is 15.7 Å². The van der Waals surface area contributed by atoms with Crippen LogP contribution in [0.15, 0.2) is 0 Å². The molecule has 0 radical (unpaired) electrons. The molecule has 2 fully saturated rings. The molecule has 2 rings (SSSR count). The van der Waals surface area contributed by atoms with Crippen molar-refractivity contribution in [3.63, 3.8) is 0 Å². The van der Waals surface area contributed by atoms with Gasteiger partial charge < -0.3 is 5.32 Å². The fourth-order valence-corrected chi connectivity index (χ4v) is 4.22. The monoisotopic (exact) mass is 314 g/mol. The van der Waals surface area contributed by atoms with E-state index in [9.17, 15) is 26.4 Å². The van der Waals surface area contributed by atoms with Gasteiger partial charge in [0.2, 0.25) is 5.91 Å². The first-order chi connectivity index (χ1) is 9.19. The third-order valence-electron chi connectivity index (χ3n) is 3.86. The van der Waals surface area contributed by atoms with E-state index in [1.807, 2.05) is 0 Å². The van der Waals surface area contributed by atoms with E-state index in [1.165, 1.54) is 4.90 Å². The van der Waals surface area contributed by atoms with E-state index in [0.717, 1.165) is 0 Å². The van der Waals surface area contributed by atoms with Crippen LogP contribution in [0.3, 0.4) is 0 Å². The minimum atomic E-state index is -4.44. The third-order valence-corrected chi connectivity index (χ3v) is 5.58. The molecule has 2 aliphatic rings. The quantitative estimate of drug-likeness (QED) is 0.757. The zero-order valence-corrected chi connectivity index (χ0v) is 11.6. The molecule has 2 aliphatic heterocycles. The molecule has 116 valence electrons. The summed E-state index contributed by atoms with van der Waals surface area (Å²) in [6, 6.07) is -2.17. The van der Waals surface area contributed by atoms with Crippen molar-refractivity contribution < 1.29 is 26.4 Å². The smallest absolute Gasteiger partial charge is 0.354 e. The van der Waals surface area contributed by atoms with Crippen molar-refractivity contribution in [3.05, 3.63) is 0 Å². The number of alkyl halides is 3. The van der Waals surface area contributed by atoms with Gasteiger partial charge in [0, 0.05) is 25.6 Å². The Hall–Kier alpha value is -0.830. The number of rotatable bonds is 1. The van der Waals surface area contributed by atoms with Crippen LogP contribution in [-0.2, 0) is 14.6 Å². The summed E-state index contributed by atoms with van der Waals surface area (Å²) in [6.07, 6.45) is -4.03. The number of halogens is 3. The number of hydrogen-bond acceptors (Lipinski definition) is 4. The van der Waals surface area contributed by atoms with Crippen LogP contribution in [0.2, 0.25) is 0 Å². The third kappa shape index (κ3) is 3.63. The van der Waals surface area contributed by atoms with Crippen LogP contribution in [0, 0.1) is 0 Å². The molecule has 1 N–H and O–H groups in total. The van der Waals surface area contributed by atoms with Gasteiger partial charge in [-0.15, -0.1) is 0 Å². The van der Waals surface area contributed by atoms with Gasteiger partial charge in [0.15, 0.2) is 0 Å². The molecule has 0 aromatic carbocycles. The van der Waals surface area contributed by atoms with Crippen LogP contribution < -0.4 is 5.32 Å². The average molecular weight is 314 g/mol. The van der Waals surface area contributed by atoms with Crippen molar-refractivity contribution in [1.82, 2.24) is 10.2 Å². The fourth-order valence-electron chi connectivity index (χ4n) is 2.75. The molecule has 0 saturated carbocycles. The summed E-state index contributed by atoms with van der Waals surface area (Å²) in [7, 11) is -3.12. The summed E-state index contributed by atoms with van der Waals surface area (Å²) in [6.45, 7) is -0.452. The highest BCUT2D eigenvalue weighted by molar-refractivity contribution is 7.91. The first kappa shape index (κ1) is 15.6. The van der Waals surface area contributed by atoms with Crippen molar-refractivity contribution in [3.8, 4) is 0 Å². The summed E-state index contributed by atoms with van der Waals surface area (Å²) >= 11 is 0. The SMILES string of the molecule is O=C1CCN(C2CCS(=O)(=O)CC2)C(C(F)(F)F)CN1. The summed E-state index contributed by atoms with van der Waals surface area (Å²) in [4.78, 5) is 12.5. The van der Waals surface area contributed by atoms with E-state index < -0.39 is 40.5 Å². The van der Waals surface area contributed by atoms with E-state index in [2.05, 4.69) is 5.32 Å². The van der Waals surface area contributed by atoms with Crippen molar-refractivity contribution in [2.45, 2.75) is 37.5 Å². The van der Waals surface area contributed by atoms with Gasteiger partial charge in [-0.2, -0.15) is 13.2 Å². The predicted octanol–water partition coefficient (Wildman–Crippen LogP) is 0.316. The van der Waals surface area contributed by atoms with E-state index in [1.54, 1.807) is 0 Å². The minimum Gasteiger partial charge on any atom is -0.354 e. The first-order valence-corrected chi connectivity index (χ1v) is 8.31. The molecular weight excluding hydrogens is 297 g/mol. The lowest BCUT2D eigenvalue weighted by atomic mass is 10.1. The standard InChI is InChI=1S/C11H17F3N2O3S/c12-11(13,14)9-7-15-10(17)1-4-16(9)8-2-5-20(18,19)6-3-8/h8-9H,1-7H2,(H,15,17). The average Bonchev–Trinajstić information content (AvgIpc) is 2.51. The number of hydrogen-bond donors (Lipinski definition) is 1. The molecule has 2 saturated heterocycles. The van der Waals surface area contributed by atoms with Crippen LogP contribution in [0.25, 0.3) is 0 Å². The van der Waals surface area contributed by atoms with Crippen LogP contribution in [0.1, 0.15) is 19.3 Å². The van der Waals surface area contributed by atoms with E-state index in [0.29, 0.717) is 0 Å². The van der Waals surface area contributed by atoms with Gasteiger partial charge in [-0.25, -0.2) is 8.42 Å². The van der Waals surface area contributed by atoms with Crippen LogP contribution in [0.5, 0.6) is 0 Å². The number of nitrogens with one attached hydrogen (secondary N) is 1. The molecule has 5 nitrogen and oxygen atoms in total. The zero-order valence-electron chi connectivity index (χ0n) is 10.8. The van der Waals surface area contributed by atoms with E-state index in [-0.39, 0.29) is 37.3 Å². The summed E-state index contributed by atoms with van der Waals surface area (Å²) in [5.74, 6) is -0.564. The normalized spacial score (nSPS) is 29.8. The Morgan fingerprint density at radius 2 is 1.80 bits per heavy atom. The second-order valence-corrected chi connectivity index (χ2v) is 7.54. The molecule has 1 unspecified atom stereocenters. The zero-order chi connectivity index (χ0) is 15.0. The van der Waals surface area contributed by atoms with Crippen LogP contribution in [0.4, 0.5) is 13.2 Å². The molecule has 20 heavy (non-hydrogen) atoms. The van der Waals surface area contributed by atoms with Gasteiger partial charge in [-0.3, -0.25) is 9.69 Å². The second-order valence-electron chi connectivity index (χ2n) is 5.23. The number of nitrogens with zero attached hydrogens (tertiary/aromatic N) is 1. The number of amides is 1. The second kappa shape index (κ2) is 5.51. The lowest BCUT2D eigenvalue weighted by molar-refractivity contribution is -0.187. The molecule has 0 aromatic rings. The number of carbonyl (C=O) groups excluding carboxylic acids is 1. The van der Waals surface area contributed by atoms with Crippen molar-refractivity contribution in [2.75, 3.05) is 24.6 Å². The molecule has 0 aromatic heterocycles. The largest absolute Gasteiger partial charge is 0.405 e. The fraction of sp³-hybridized carbons (Fsp3) is 0.909. The van der Waals surface area contributed by atoms with Gasteiger partial charge in [0.05, 0.1) is 11.5 Å². The minimum absolute atomic E-state index is 0.00975. The molecular formula is C11H17F3N2O3S. The Morgan fingerprint density at radius 1 is 1.20 bits per heavy atom. The summed E-state index contributed by atoms with van der Waals surface area (Å²) in [5, 5.41) is 2.27. The van der Waals surface area contributed by atoms with Crippen LogP contribution in [-0.4, -0.2) is 62.1 Å². The Balaban J connectivity index is 2.15. The number of sulfone groups is 1. The van der Waals surface area contributed by atoms with Gasteiger partial charge in [0.25, 0.3) is 0 Å². The highest BCUT2D eigenvalue weighted by Gasteiger charge is 2.47. The van der Waals surface area contributed by atoms with Crippen molar-refractivity contribution in [1.29, 1.82) is 0 Å². The van der Waals surface area contributed by atoms with Crippen molar-refractivity contribution in [2.24, 2.45) is 0 Å². The topological polar surface area (TPSA) is 66.5 Å². The Kier molecular flexibility index (Phi) is 4.29. The molecule has 2 heterocycles.